The highest BCUT2D eigenvalue weighted by Crippen LogP contribution is 2.50. The lowest BCUT2D eigenvalue weighted by Crippen LogP contribution is -2.74. The summed E-state index contributed by atoms with van der Waals surface area (Å²) in [6.45, 7) is 0. The molecule has 1 amide bonds. The SMILES string of the molecule is CN(C)C1C(=O)C(C(N)=O)C(=O)C2(O)C(=O)C3C(=O)c4c(O)cccc4CC3CC12. The van der Waals surface area contributed by atoms with E-state index in [1.54, 1.807) is 26.2 Å². The highest BCUT2D eigenvalue weighted by molar-refractivity contribution is 6.32. The number of likely N-dealkylation sites (N-methyl/N-ethyl adjacent to an activating group) is 1. The van der Waals surface area contributed by atoms with Crippen molar-refractivity contribution in [3.05, 3.63) is 29.3 Å². The van der Waals surface area contributed by atoms with Gasteiger partial charge in [-0.15, -0.1) is 0 Å². The van der Waals surface area contributed by atoms with Gasteiger partial charge in [0.1, 0.15) is 5.75 Å². The highest BCUT2D eigenvalue weighted by Gasteiger charge is 2.69. The van der Waals surface area contributed by atoms with Gasteiger partial charge in [-0.2, -0.15) is 0 Å². The predicted molar refractivity (Wildman–Crippen MR) is 101 cm³/mol. The maximum absolute atomic E-state index is 13.4. The number of aromatic hydroxyl groups is 1. The molecule has 1 aromatic rings. The number of benzene rings is 1. The molecule has 2 fully saturated rings. The second-order valence-corrected chi connectivity index (χ2v) is 8.60. The highest BCUT2D eigenvalue weighted by atomic mass is 16.3. The van der Waals surface area contributed by atoms with E-state index in [-0.39, 0.29) is 24.2 Å². The number of aliphatic hydroxyl groups is 1. The fraction of sp³-hybridized carbons (Fsp3) is 0.476. The maximum Gasteiger partial charge on any atom is 0.235 e. The molecule has 0 bridgehead atoms. The van der Waals surface area contributed by atoms with Crippen LogP contribution in [0.3, 0.4) is 0 Å². The molecule has 9 heteroatoms. The Balaban J connectivity index is 1.87. The van der Waals surface area contributed by atoms with Crippen LogP contribution in [0.4, 0.5) is 0 Å². The molecule has 9 nitrogen and oxygen atoms in total. The molecule has 0 aliphatic heterocycles. The maximum atomic E-state index is 13.4. The minimum atomic E-state index is -2.68. The van der Waals surface area contributed by atoms with Gasteiger partial charge in [-0.1, -0.05) is 12.1 Å². The lowest BCUT2D eigenvalue weighted by molar-refractivity contribution is -0.181. The first-order chi connectivity index (χ1) is 14.0. The Bertz CT molecular complexity index is 1020. The summed E-state index contributed by atoms with van der Waals surface area (Å²) in [6, 6.07) is 3.52. The topological polar surface area (TPSA) is 155 Å². The Kier molecular flexibility index (Phi) is 4.44. The van der Waals surface area contributed by atoms with E-state index < -0.39 is 64.4 Å². The first-order valence-electron chi connectivity index (χ1n) is 9.67. The average Bonchev–Trinajstić information content (AvgIpc) is 2.64. The quantitative estimate of drug-likeness (QED) is 0.513. The van der Waals surface area contributed by atoms with E-state index in [9.17, 15) is 34.2 Å². The number of nitrogens with two attached hydrogens (primary N) is 1. The zero-order valence-electron chi connectivity index (χ0n) is 16.5. The van der Waals surface area contributed by atoms with Crippen LogP contribution in [-0.4, -0.2) is 69.9 Å². The summed E-state index contributed by atoms with van der Waals surface area (Å²) in [7, 11) is 3.10. The second kappa shape index (κ2) is 6.55. The van der Waals surface area contributed by atoms with Crippen molar-refractivity contribution in [2.75, 3.05) is 14.1 Å². The van der Waals surface area contributed by atoms with E-state index in [4.69, 9.17) is 5.73 Å². The summed E-state index contributed by atoms with van der Waals surface area (Å²) in [6.07, 6.45) is 0.333. The van der Waals surface area contributed by atoms with Crippen molar-refractivity contribution in [3.8, 4) is 5.75 Å². The smallest absolute Gasteiger partial charge is 0.235 e. The molecular weight excluding hydrogens is 392 g/mol. The molecule has 3 aliphatic carbocycles. The molecule has 4 N–H and O–H groups in total. The molecule has 0 heterocycles. The zero-order valence-corrected chi connectivity index (χ0v) is 16.5. The van der Waals surface area contributed by atoms with E-state index >= 15 is 0 Å². The molecule has 1 aromatic carbocycles. The fourth-order valence-corrected chi connectivity index (χ4v) is 5.54. The molecule has 0 spiro atoms. The molecule has 6 atom stereocenters. The fourth-order valence-electron chi connectivity index (χ4n) is 5.54. The van der Waals surface area contributed by atoms with Gasteiger partial charge in [-0.25, -0.2) is 0 Å². The molecule has 6 unspecified atom stereocenters. The lowest BCUT2D eigenvalue weighted by Gasteiger charge is -2.52. The van der Waals surface area contributed by atoms with Crippen LogP contribution in [0.5, 0.6) is 5.75 Å². The third kappa shape index (κ3) is 2.45. The zero-order chi connectivity index (χ0) is 22.1. The van der Waals surface area contributed by atoms with Crippen LogP contribution in [0.2, 0.25) is 0 Å². The number of nitrogens with zero attached hydrogens (tertiary/aromatic N) is 1. The third-order valence-corrected chi connectivity index (χ3v) is 6.80. The van der Waals surface area contributed by atoms with Crippen molar-refractivity contribution in [2.24, 2.45) is 29.4 Å². The molecule has 0 aromatic heterocycles. The summed E-state index contributed by atoms with van der Waals surface area (Å²) in [5, 5.41) is 21.5. The number of primary amides is 1. The summed E-state index contributed by atoms with van der Waals surface area (Å²) >= 11 is 0. The van der Waals surface area contributed by atoms with Gasteiger partial charge in [0.2, 0.25) is 5.91 Å². The van der Waals surface area contributed by atoms with Crippen LogP contribution >= 0.6 is 0 Å². The molecule has 4 rings (SSSR count). The average molecular weight is 414 g/mol. The summed E-state index contributed by atoms with van der Waals surface area (Å²) in [5.74, 6) is -10.2. The van der Waals surface area contributed by atoms with Gasteiger partial charge in [0.25, 0.3) is 0 Å². The summed E-state index contributed by atoms with van der Waals surface area (Å²) in [5.41, 5.74) is 3.16. The number of phenolic OH excluding ortho intramolecular Hbond substituents is 1. The number of carbonyl (C=O) groups excluding carboxylic acids is 5. The van der Waals surface area contributed by atoms with Gasteiger partial charge in [-0.05, 0) is 44.5 Å². The molecule has 158 valence electrons. The van der Waals surface area contributed by atoms with Crippen LogP contribution in [-0.2, 0) is 25.6 Å². The van der Waals surface area contributed by atoms with Crippen molar-refractivity contribution in [2.45, 2.75) is 24.5 Å². The van der Waals surface area contributed by atoms with Crippen LogP contribution in [0.1, 0.15) is 22.3 Å². The van der Waals surface area contributed by atoms with Crippen molar-refractivity contribution in [3.63, 3.8) is 0 Å². The van der Waals surface area contributed by atoms with Gasteiger partial charge < -0.3 is 15.9 Å². The van der Waals surface area contributed by atoms with Crippen molar-refractivity contribution >= 4 is 29.0 Å². The number of hydrogen-bond acceptors (Lipinski definition) is 8. The van der Waals surface area contributed by atoms with E-state index in [1.165, 1.54) is 11.0 Å². The van der Waals surface area contributed by atoms with E-state index in [1.807, 2.05) is 0 Å². The van der Waals surface area contributed by atoms with Crippen LogP contribution in [0.25, 0.3) is 0 Å². The summed E-state index contributed by atoms with van der Waals surface area (Å²) in [4.78, 5) is 65.8. The number of carbonyl (C=O) groups is 5. The monoisotopic (exact) mass is 414 g/mol. The minimum Gasteiger partial charge on any atom is -0.507 e. The number of hydrogen-bond donors (Lipinski definition) is 3. The number of phenols is 1. The third-order valence-electron chi connectivity index (χ3n) is 6.80. The first kappa shape index (κ1) is 20.4. The van der Waals surface area contributed by atoms with E-state index in [0.29, 0.717) is 5.56 Å². The lowest BCUT2D eigenvalue weighted by atomic mass is 9.52. The number of Topliss-reactive ketones (excluding diaryl/α,β-unsaturated/α-hetero) is 4. The first-order valence-corrected chi connectivity index (χ1v) is 9.67. The minimum absolute atomic E-state index is 0.00379. The Morgan fingerprint density at radius 2 is 1.83 bits per heavy atom. The Morgan fingerprint density at radius 1 is 1.17 bits per heavy atom. The molecule has 0 saturated heterocycles. The molecule has 3 aliphatic rings. The van der Waals surface area contributed by atoms with Crippen molar-refractivity contribution in [1.82, 2.24) is 4.90 Å². The molecule has 0 radical (unpaired) electrons. The predicted octanol–water partition coefficient (Wildman–Crippen LogP) is -1.13. The van der Waals surface area contributed by atoms with Crippen LogP contribution in [0.15, 0.2) is 18.2 Å². The molecule has 30 heavy (non-hydrogen) atoms. The van der Waals surface area contributed by atoms with Gasteiger partial charge in [0, 0.05) is 5.92 Å². The number of ketones is 4. The Hall–Kier alpha value is -2.91. The van der Waals surface area contributed by atoms with Gasteiger partial charge in [0.05, 0.1) is 17.5 Å². The van der Waals surface area contributed by atoms with Gasteiger partial charge >= 0.3 is 0 Å². The Labute approximate surface area is 171 Å². The van der Waals surface area contributed by atoms with Crippen LogP contribution < -0.4 is 5.73 Å². The standard InChI is InChI=1S/C21H22N2O7/c1-23(2)15-10-7-9-6-8-4-3-5-11(24)12(8)16(25)13(9)18(27)21(10,30)19(28)14(17(15)26)20(22)29/h3-5,9-10,13-15,24,30H,6-7H2,1-2H3,(H2,22,29). The number of amides is 1. The van der Waals surface area contributed by atoms with E-state index in [2.05, 4.69) is 0 Å². The van der Waals surface area contributed by atoms with Gasteiger partial charge in [-0.3, -0.25) is 28.9 Å². The second-order valence-electron chi connectivity index (χ2n) is 8.60. The molecule has 2 saturated carbocycles. The van der Waals surface area contributed by atoms with E-state index in [0.717, 1.165) is 0 Å². The molecular formula is C21H22N2O7. The van der Waals surface area contributed by atoms with Gasteiger partial charge in [0.15, 0.2) is 34.7 Å². The summed E-state index contributed by atoms with van der Waals surface area (Å²) < 4.78 is 0. The van der Waals surface area contributed by atoms with Crippen molar-refractivity contribution < 1.29 is 34.2 Å². The Morgan fingerprint density at radius 3 is 2.43 bits per heavy atom. The van der Waals surface area contributed by atoms with Crippen LogP contribution in [0, 0.1) is 23.7 Å². The number of rotatable bonds is 2. The number of fused-ring (bicyclic) bond motifs is 3. The largest absolute Gasteiger partial charge is 0.507 e. The van der Waals surface area contributed by atoms with Crippen molar-refractivity contribution in [1.29, 1.82) is 0 Å². The normalized spacial score (nSPS) is 35.7.